The minimum Gasteiger partial charge on any atom is -0.459 e. The second-order valence-electron chi connectivity index (χ2n) is 3.85. The van der Waals surface area contributed by atoms with Gasteiger partial charge in [0, 0.05) is 16.5 Å². The first kappa shape index (κ1) is 11.0. The Bertz CT molecular complexity index is 717. The highest BCUT2D eigenvalue weighted by atomic mass is 35.5. The van der Waals surface area contributed by atoms with Crippen LogP contribution in [-0.4, -0.2) is 21.3 Å². The Balaban J connectivity index is 1.92. The number of carbonyl (C=O) groups excluding carboxylic acids is 1. The van der Waals surface area contributed by atoms with Crippen molar-refractivity contribution in [1.29, 1.82) is 0 Å². The summed E-state index contributed by atoms with van der Waals surface area (Å²) < 4.78 is 7.18. The number of hydrogen-bond acceptors (Lipinski definition) is 4. The standard InChI is InChI=1S/C12H8ClN3O2/c13-9-2-1-8-3-11(18-12(8)4-9)6-16-5-10(7-17)14-15-16/h1-5,7H,6H2. The molecule has 2 heterocycles. The van der Waals surface area contributed by atoms with Crippen LogP contribution in [-0.2, 0) is 6.54 Å². The van der Waals surface area contributed by atoms with Gasteiger partial charge in [0.15, 0.2) is 6.29 Å². The van der Waals surface area contributed by atoms with Crippen molar-refractivity contribution in [3.05, 3.63) is 46.9 Å². The van der Waals surface area contributed by atoms with Crippen molar-refractivity contribution < 1.29 is 9.21 Å². The number of aldehydes is 1. The van der Waals surface area contributed by atoms with E-state index in [0.717, 1.165) is 16.7 Å². The van der Waals surface area contributed by atoms with Crippen LogP contribution in [0.3, 0.4) is 0 Å². The first-order valence-corrected chi connectivity index (χ1v) is 5.66. The van der Waals surface area contributed by atoms with Crippen molar-refractivity contribution in [3.63, 3.8) is 0 Å². The zero-order chi connectivity index (χ0) is 12.5. The highest BCUT2D eigenvalue weighted by Crippen LogP contribution is 2.23. The Morgan fingerprint density at radius 3 is 3.06 bits per heavy atom. The molecule has 0 saturated carbocycles. The highest BCUT2D eigenvalue weighted by Gasteiger charge is 2.06. The number of aromatic nitrogens is 3. The second kappa shape index (κ2) is 4.27. The quantitative estimate of drug-likeness (QED) is 0.680. The third-order valence-electron chi connectivity index (χ3n) is 2.53. The molecular weight excluding hydrogens is 254 g/mol. The van der Waals surface area contributed by atoms with Gasteiger partial charge < -0.3 is 4.42 Å². The van der Waals surface area contributed by atoms with E-state index in [0.29, 0.717) is 23.5 Å². The fourth-order valence-electron chi connectivity index (χ4n) is 1.74. The van der Waals surface area contributed by atoms with E-state index >= 15 is 0 Å². The lowest BCUT2D eigenvalue weighted by Crippen LogP contribution is -1.98. The van der Waals surface area contributed by atoms with Crippen LogP contribution < -0.4 is 0 Å². The third kappa shape index (κ3) is 2.00. The zero-order valence-electron chi connectivity index (χ0n) is 9.21. The molecule has 0 atom stereocenters. The largest absolute Gasteiger partial charge is 0.459 e. The molecule has 0 aliphatic rings. The van der Waals surface area contributed by atoms with Crippen LogP contribution >= 0.6 is 11.6 Å². The number of nitrogens with zero attached hydrogens (tertiary/aromatic N) is 3. The summed E-state index contributed by atoms with van der Waals surface area (Å²) in [6.07, 6.45) is 2.22. The molecule has 6 heteroatoms. The summed E-state index contributed by atoms with van der Waals surface area (Å²) in [6.45, 7) is 0.424. The summed E-state index contributed by atoms with van der Waals surface area (Å²) in [6, 6.07) is 7.37. The molecule has 18 heavy (non-hydrogen) atoms. The Hall–Kier alpha value is -2.14. The molecule has 0 N–H and O–H groups in total. The maximum Gasteiger partial charge on any atom is 0.171 e. The van der Waals surface area contributed by atoms with Gasteiger partial charge in [0.1, 0.15) is 23.6 Å². The molecule has 0 saturated heterocycles. The zero-order valence-corrected chi connectivity index (χ0v) is 9.96. The molecule has 0 aliphatic heterocycles. The first-order chi connectivity index (χ1) is 8.74. The normalized spacial score (nSPS) is 10.9. The minimum absolute atomic E-state index is 0.300. The Labute approximate surface area is 107 Å². The van der Waals surface area contributed by atoms with Crippen LogP contribution in [0.5, 0.6) is 0 Å². The summed E-state index contributed by atoms with van der Waals surface area (Å²) in [4.78, 5) is 10.5. The van der Waals surface area contributed by atoms with E-state index in [1.54, 1.807) is 16.9 Å². The smallest absolute Gasteiger partial charge is 0.171 e. The van der Waals surface area contributed by atoms with Crippen LogP contribution in [0.2, 0.25) is 5.02 Å². The predicted octanol–water partition coefficient (Wildman–Crippen LogP) is 2.54. The maximum absolute atomic E-state index is 10.5. The van der Waals surface area contributed by atoms with Crippen molar-refractivity contribution in [1.82, 2.24) is 15.0 Å². The molecule has 0 radical (unpaired) electrons. The lowest BCUT2D eigenvalue weighted by Gasteiger charge is -1.94. The van der Waals surface area contributed by atoms with Crippen LogP contribution in [0.1, 0.15) is 16.2 Å². The second-order valence-corrected chi connectivity index (χ2v) is 4.29. The summed E-state index contributed by atoms with van der Waals surface area (Å²) in [5.41, 5.74) is 1.03. The van der Waals surface area contributed by atoms with Crippen molar-refractivity contribution in [2.24, 2.45) is 0 Å². The number of rotatable bonds is 3. The molecule has 1 aromatic carbocycles. The number of benzene rings is 1. The highest BCUT2D eigenvalue weighted by molar-refractivity contribution is 6.31. The third-order valence-corrected chi connectivity index (χ3v) is 2.76. The Morgan fingerprint density at radius 1 is 1.39 bits per heavy atom. The van der Waals surface area contributed by atoms with Gasteiger partial charge >= 0.3 is 0 Å². The fraction of sp³-hybridized carbons (Fsp3) is 0.0833. The number of furan rings is 1. The topological polar surface area (TPSA) is 60.9 Å². The monoisotopic (exact) mass is 261 g/mol. The Morgan fingerprint density at radius 2 is 2.28 bits per heavy atom. The van der Waals surface area contributed by atoms with Crippen molar-refractivity contribution in [3.8, 4) is 0 Å². The molecular formula is C12H8ClN3O2. The van der Waals surface area contributed by atoms with Crippen LogP contribution in [0, 0.1) is 0 Å². The molecule has 3 rings (SSSR count). The van der Waals surface area contributed by atoms with Gasteiger partial charge in [0.05, 0.1) is 6.20 Å². The molecule has 0 spiro atoms. The van der Waals surface area contributed by atoms with Crippen molar-refractivity contribution in [2.45, 2.75) is 6.54 Å². The summed E-state index contributed by atoms with van der Waals surface area (Å²) in [5.74, 6) is 0.731. The lowest BCUT2D eigenvalue weighted by molar-refractivity contribution is 0.111. The molecule has 5 nitrogen and oxygen atoms in total. The number of carbonyl (C=O) groups is 1. The van der Waals surface area contributed by atoms with E-state index in [1.807, 2.05) is 18.2 Å². The lowest BCUT2D eigenvalue weighted by atomic mass is 10.2. The molecule has 0 bridgehead atoms. The van der Waals surface area contributed by atoms with Crippen molar-refractivity contribution >= 4 is 28.9 Å². The van der Waals surface area contributed by atoms with Crippen LogP contribution in [0.15, 0.2) is 34.9 Å². The molecule has 3 aromatic rings. The van der Waals surface area contributed by atoms with E-state index in [4.69, 9.17) is 16.0 Å². The summed E-state index contributed by atoms with van der Waals surface area (Å²) in [5, 5.41) is 9.11. The SMILES string of the molecule is O=Cc1cn(Cc2cc3ccc(Cl)cc3o2)nn1. The van der Waals surface area contributed by atoms with Gasteiger partial charge in [-0.15, -0.1) is 5.10 Å². The van der Waals surface area contributed by atoms with Gasteiger partial charge in [-0.05, 0) is 18.2 Å². The van der Waals surface area contributed by atoms with E-state index in [2.05, 4.69) is 10.3 Å². The van der Waals surface area contributed by atoms with Crippen LogP contribution in [0.4, 0.5) is 0 Å². The van der Waals surface area contributed by atoms with Gasteiger partial charge in [0.2, 0.25) is 0 Å². The first-order valence-electron chi connectivity index (χ1n) is 5.28. The van der Waals surface area contributed by atoms with E-state index in [-0.39, 0.29) is 0 Å². The van der Waals surface area contributed by atoms with Gasteiger partial charge in [-0.1, -0.05) is 16.8 Å². The number of halogens is 1. The molecule has 2 aromatic heterocycles. The number of fused-ring (bicyclic) bond motifs is 1. The number of hydrogen-bond donors (Lipinski definition) is 0. The van der Waals surface area contributed by atoms with Crippen molar-refractivity contribution in [2.75, 3.05) is 0 Å². The van der Waals surface area contributed by atoms with Gasteiger partial charge in [0.25, 0.3) is 0 Å². The van der Waals surface area contributed by atoms with Gasteiger partial charge in [-0.2, -0.15) is 0 Å². The molecule has 0 unspecified atom stereocenters. The summed E-state index contributed by atoms with van der Waals surface area (Å²) >= 11 is 5.88. The molecule has 0 aliphatic carbocycles. The predicted molar refractivity (Wildman–Crippen MR) is 65.7 cm³/mol. The van der Waals surface area contributed by atoms with E-state index < -0.39 is 0 Å². The summed E-state index contributed by atoms with van der Waals surface area (Å²) in [7, 11) is 0. The molecule has 90 valence electrons. The minimum atomic E-state index is 0.300. The average Bonchev–Trinajstić information content (AvgIpc) is 2.95. The van der Waals surface area contributed by atoms with Gasteiger partial charge in [-0.3, -0.25) is 4.79 Å². The van der Waals surface area contributed by atoms with Gasteiger partial charge in [-0.25, -0.2) is 4.68 Å². The fourth-order valence-corrected chi connectivity index (χ4v) is 1.90. The average molecular weight is 262 g/mol. The van der Waals surface area contributed by atoms with Crippen LogP contribution in [0.25, 0.3) is 11.0 Å². The van der Waals surface area contributed by atoms with E-state index in [9.17, 15) is 4.79 Å². The molecule has 0 amide bonds. The maximum atomic E-state index is 10.5. The molecule has 0 fully saturated rings. The Kier molecular flexibility index (Phi) is 2.60. The van der Waals surface area contributed by atoms with E-state index in [1.165, 1.54) is 0 Å².